The molecule has 1 saturated carbocycles. The van der Waals surface area contributed by atoms with Gasteiger partial charge in [-0.15, -0.1) is 0 Å². The third kappa shape index (κ3) is 3.34. The molecule has 3 rings (SSSR count). The molecule has 112 valence electrons. The summed E-state index contributed by atoms with van der Waals surface area (Å²) in [6.07, 6.45) is 4.96. The summed E-state index contributed by atoms with van der Waals surface area (Å²) in [7, 11) is 0. The van der Waals surface area contributed by atoms with E-state index in [1.807, 2.05) is 31.2 Å². The van der Waals surface area contributed by atoms with Crippen LogP contribution in [0.2, 0.25) is 0 Å². The summed E-state index contributed by atoms with van der Waals surface area (Å²) in [5, 5.41) is 15.8. The maximum Gasteiger partial charge on any atom is 0.229 e. The van der Waals surface area contributed by atoms with Crippen molar-refractivity contribution in [2.75, 3.05) is 10.6 Å². The number of rotatable bonds is 4. The largest absolute Gasteiger partial charge is 0.367 e. The van der Waals surface area contributed by atoms with E-state index in [0.717, 1.165) is 17.2 Å². The van der Waals surface area contributed by atoms with Crippen LogP contribution in [-0.4, -0.2) is 16.0 Å². The molecular formula is C17H19N5. The average Bonchev–Trinajstić information content (AvgIpc) is 3.00. The Morgan fingerprint density at radius 2 is 1.95 bits per heavy atom. The Bertz CT molecular complexity index is 698. The van der Waals surface area contributed by atoms with E-state index in [1.54, 1.807) is 6.07 Å². The van der Waals surface area contributed by atoms with Crippen LogP contribution >= 0.6 is 0 Å². The minimum atomic E-state index is 0.508. The van der Waals surface area contributed by atoms with Gasteiger partial charge in [-0.05, 0) is 31.9 Å². The summed E-state index contributed by atoms with van der Waals surface area (Å²) in [5.41, 5.74) is 2.20. The lowest BCUT2D eigenvalue weighted by Crippen LogP contribution is -2.16. The Morgan fingerprint density at radius 1 is 1.18 bits per heavy atom. The predicted molar refractivity (Wildman–Crippen MR) is 87.1 cm³/mol. The van der Waals surface area contributed by atoms with Crippen LogP contribution in [-0.2, 0) is 0 Å². The lowest BCUT2D eigenvalue weighted by Gasteiger charge is -2.14. The van der Waals surface area contributed by atoms with Gasteiger partial charge in [0.15, 0.2) is 0 Å². The third-order valence-corrected chi connectivity index (χ3v) is 3.86. The zero-order valence-electron chi connectivity index (χ0n) is 12.6. The number of nitrogens with zero attached hydrogens (tertiary/aromatic N) is 3. The van der Waals surface area contributed by atoms with E-state index in [2.05, 4.69) is 26.7 Å². The Kier molecular flexibility index (Phi) is 4.19. The van der Waals surface area contributed by atoms with E-state index in [1.165, 1.54) is 25.7 Å². The second kappa shape index (κ2) is 6.44. The Hall–Kier alpha value is -2.61. The Morgan fingerprint density at radius 3 is 2.73 bits per heavy atom. The molecule has 0 radical (unpaired) electrons. The number of aromatic nitrogens is 2. The van der Waals surface area contributed by atoms with Crippen LogP contribution in [0.1, 0.15) is 36.9 Å². The van der Waals surface area contributed by atoms with Crippen molar-refractivity contribution in [3.8, 4) is 6.07 Å². The summed E-state index contributed by atoms with van der Waals surface area (Å²) in [4.78, 5) is 8.93. The van der Waals surface area contributed by atoms with Crippen LogP contribution in [0, 0.1) is 18.3 Å². The molecule has 1 fully saturated rings. The lowest BCUT2D eigenvalue weighted by atomic mass is 10.2. The number of nitrogens with one attached hydrogen (secondary N) is 2. The van der Waals surface area contributed by atoms with Crippen molar-refractivity contribution >= 4 is 17.5 Å². The molecule has 0 aliphatic heterocycles. The topological polar surface area (TPSA) is 73.6 Å². The van der Waals surface area contributed by atoms with Crippen LogP contribution in [0.3, 0.4) is 0 Å². The van der Waals surface area contributed by atoms with E-state index in [0.29, 0.717) is 17.6 Å². The van der Waals surface area contributed by atoms with Crippen LogP contribution in [0.25, 0.3) is 0 Å². The maximum absolute atomic E-state index is 9.15. The quantitative estimate of drug-likeness (QED) is 0.898. The summed E-state index contributed by atoms with van der Waals surface area (Å²) in [6, 6.07) is 12.0. The molecule has 1 aromatic carbocycles. The van der Waals surface area contributed by atoms with Crippen molar-refractivity contribution < 1.29 is 0 Å². The van der Waals surface area contributed by atoms with E-state index in [-0.39, 0.29) is 0 Å². The molecule has 0 saturated heterocycles. The van der Waals surface area contributed by atoms with Crippen molar-refractivity contribution in [2.24, 2.45) is 0 Å². The molecule has 0 bridgehead atoms. The summed E-state index contributed by atoms with van der Waals surface area (Å²) in [5.74, 6) is 1.36. The maximum atomic E-state index is 9.15. The van der Waals surface area contributed by atoms with Gasteiger partial charge in [0, 0.05) is 17.8 Å². The first-order valence-electron chi connectivity index (χ1n) is 7.63. The Labute approximate surface area is 130 Å². The first-order valence-corrected chi connectivity index (χ1v) is 7.63. The lowest BCUT2D eigenvalue weighted by molar-refractivity contribution is 0.749. The molecule has 22 heavy (non-hydrogen) atoms. The van der Waals surface area contributed by atoms with Gasteiger partial charge in [-0.3, -0.25) is 0 Å². The summed E-state index contributed by atoms with van der Waals surface area (Å²) in [6.45, 7) is 1.95. The zero-order valence-corrected chi connectivity index (χ0v) is 12.6. The standard InChI is InChI=1S/C17H19N5/c1-12-10-16(20-14-7-3-4-8-14)22-17(19-12)21-15-9-5-2-6-13(15)11-18/h2,5-6,9-10,14H,3-4,7-8H2,1H3,(H2,19,20,21,22). The minimum absolute atomic E-state index is 0.508. The zero-order chi connectivity index (χ0) is 15.4. The highest BCUT2D eigenvalue weighted by Crippen LogP contribution is 2.23. The van der Waals surface area contributed by atoms with E-state index >= 15 is 0 Å². The molecule has 0 amide bonds. The fraction of sp³-hybridized carbons (Fsp3) is 0.353. The number of anilines is 3. The number of aryl methyl sites for hydroxylation is 1. The predicted octanol–water partition coefficient (Wildman–Crippen LogP) is 3.75. The van der Waals surface area contributed by atoms with Crippen molar-refractivity contribution in [3.63, 3.8) is 0 Å². The number of hydrogen-bond donors (Lipinski definition) is 2. The molecule has 1 aliphatic carbocycles. The normalized spacial score (nSPS) is 14.5. The van der Waals surface area contributed by atoms with Crippen LogP contribution in [0.5, 0.6) is 0 Å². The molecular weight excluding hydrogens is 274 g/mol. The molecule has 2 aromatic rings. The average molecular weight is 293 g/mol. The van der Waals surface area contributed by atoms with Gasteiger partial charge in [-0.2, -0.15) is 10.2 Å². The van der Waals surface area contributed by atoms with E-state index in [4.69, 9.17) is 5.26 Å². The number of para-hydroxylation sites is 1. The second-order valence-corrected chi connectivity index (χ2v) is 5.63. The monoisotopic (exact) mass is 293 g/mol. The highest BCUT2D eigenvalue weighted by Gasteiger charge is 2.15. The number of nitriles is 1. The molecule has 0 atom stereocenters. The summed E-state index contributed by atoms with van der Waals surface area (Å²) < 4.78 is 0. The Balaban J connectivity index is 1.81. The highest BCUT2D eigenvalue weighted by molar-refractivity contribution is 5.63. The van der Waals surface area contributed by atoms with E-state index in [9.17, 15) is 0 Å². The molecule has 0 spiro atoms. The minimum Gasteiger partial charge on any atom is -0.367 e. The van der Waals surface area contributed by atoms with Gasteiger partial charge in [0.05, 0.1) is 11.3 Å². The van der Waals surface area contributed by atoms with Crippen molar-refractivity contribution in [1.29, 1.82) is 5.26 Å². The number of benzene rings is 1. The van der Waals surface area contributed by atoms with Gasteiger partial charge in [-0.25, -0.2) is 4.98 Å². The van der Waals surface area contributed by atoms with Gasteiger partial charge in [0.25, 0.3) is 0 Å². The fourth-order valence-corrected chi connectivity index (χ4v) is 2.79. The smallest absolute Gasteiger partial charge is 0.229 e. The molecule has 2 N–H and O–H groups in total. The van der Waals surface area contributed by atoms with E-state index < -0.39 is 0 Å². The van der Waals surface area contributed by atoms with Crippen LogP contribution in [0.15, 0.2) is 30.3 Å². The van der Waals surface area contributed by atoms with Gasteiger partial charge in [0.1, 0.15) is 11.9 Å². The molecule has 5 heteroatoms. The van der Waals surface area contributed by atoms with Crippen molar-refractivity contribution in [1.82, 2.24) is 9.97 Å². The van der Waals surface area contributed by atoms with Gasteiger partial charge >= 0.3 is 0 Å². The third-order valence-electron chi connectivity index (χ3n) is 3.86. The molecule has 1 heterocycles. The molecule has 0 unspecified atom stereocenters. The number of hydrogen-bond acceptors (Lipinski definition) is 5. The first kappa shape index (κ1) is 14.3. The summed E-state index contributed by atoms with van der Waals surface area (Å²) >= 11 is 0. The van der Waals surface area contributed by atoms with Crippen molar-refractivity contribution in [3.05, 3.63) is 41.6 Å². The van der Waals surface area contributed by atoms with Gasteiger partial charge < -0.3 is 10.6 Å². The SMILES string of the molecule is Cc1cc(NC2CCCC2)nc(Nc2ccccc2C#N)n1. The van der Waals surface area contributed by atoms with Crippen molar-refractivity contribution in [2.45, 2.75) is 38.6 Å². The first-order chi connectivity index (χ1) is 10.7. The van der Waals surface area contributed by atoms with Gasteiger partial charge in [-0.1, -0.05) is 25.0 Å². The molecule has 1 aromatic heterocycles. The van der Waals surface area contributed by atoms with Crippen LogP contribution < -0.4 is 10.6 Å². The molecule has 5 nitrogen and oxygen atoms in total. The van der Waals surface area contributed by atoms with Gasteiger partial charge in [0.2, 0.25) is 5.95 Å². The molecule has 1 aliphatic rings. The van der Waals surface area contributed by atoms with Crippen LogP contribution in [0.4, 0.5) is 17.5 Å². The second-order valence-electron chi connectivity index (χ2n) is 5.63. The highest BCUT2D eigenvalue weighted by atomic mass is 15.2. The fourth-order valence-electron chi connectivity index (χ4n) is 2.79.